The Morgan fingerprint density at radius 3 is 2.50 bits per heavy atom. The Hall–Kier alpha value is -0.350. The molecule has 0 spiro atoms. The summed E-state index contributed by atoms with van der Waals surface area (Å²) in [6.45, 7) is 5.67. The Kier molecular flexibility index (Phi) is 3.37. The normalized spacial score (nSPS) is 14.0. The van der Waals surface area contributed by atoms with Crippen molar-refractivity contribution in [3.8, 4) is 0 Å². The molecule has 0 fully saturated rings. The Morgan fingerprint density at radius 2 is 2.14 bits per heavy atom. The number of carboxylic acids is 1. The van der Waals surface area contributed by atoms with E-state index in [4.69, 9.17) is 5.11 Å². The van der Waals surface area contributed by atoms with E-state index in [0.717, 1.165) is 8.66 Å². The monoisotopic (exact) mass is 276 g/mol. The first-order chi connectivity index (χ1) is 6.35. The zero-order valence-corrected chi connectivity index (χ0v) is 10.8. The Bertz CT molecular complexity index is 344. The topological polar surface area (TPSA) is 37.3 Å². The van der Waals surface area contributed by atoms with E-state index < -0.39 is 5.97 Å². The van der Waals surface area contributed by atoms with Gasteiger partial charge >= 0.3 is 5.97 Å². The third kappa shape index (κ3) is 2.17. The molecule has 0 aliphatic rings. The number of hydrogen-bond donors (Lipinski definition) is 1. The number of carbonyl (C=O) groups is 1. The van der Waals surface area contributed by atoms with Crippen molar-refractivity contribution in [3.63, 3.8) is 0 Å². The summed E-state index contributed by atoms with van der Waals surface area (Å²) in [7, 11) is 0. The second kappa shape index (κ2) is 4.03. The number of thiophene rings is 1. The molecule has 0 aliphatic heterocycles. The molecule has 14 heavy (non-hydrogen) atoms. The summed E-state index contributed by atoms with van der Waals surface area (Å²) in [5.41, 5.74) is -0.317. The number of carboxylic acid groups (broad SMARTS) is 1. The summed E-state index contributed by atoms with van der Waals surface area (Å²) < 4.78 is 1.04. The van der Waals surface area contributed by atoms with Gasteiger partial charge in [0.15, 0.2) is 0 Å². The molecular formula is C10H13BrO2S. The molecule has 1 unspecified atom stereocenters. The minimum atomic E-state index is -0.750. The van der Waals surface area contributed by atoms with E-state index in [1.165, 1.54) is 0 Å². The molecule has 0 saturated carbocycles. The third-order valence-corrected chi connectivity index (χ3v) is 4.62. The molecule has 0 amide bonds. The minimum Gasteiger partial charge on any atom is -0.481 e. The molecule has 1 rings (SSSR count). The number of aliphatic carboxylic acids is 1. The van der Waals surface area contributed by atoms with E-state index in [2.05, 4.69) is 15.9 Å². The third-order valence-electron chi connectivity index (χ3n) is 2.66. The van der Waals surface area contributed by atoms with E-state index in [-0.39, 0.29) is 11.3 Å². The van der Waals surface area contributed by atoms with Gasteiger partial charge in [-0.1, -0.05) is 20.8 Å². The lowest BCUT2D eigenvalue weighted by Gasteiger charge is -2.27. The first-order valence-electron chi connectivity index (χ1n) is 4.34. The van der Waals surface area contributed by atoms with Crippen LogP contribution in [-0.4, -0.2) is 11.1 Å². The number of rotatable bonds is 3. The molecule has 0 bridgehead atoms. The standard InChI is InChI=1S/C10H13BrO2S/c1-6(9(12)13)10(2,3)7-4-5-8(11)14-7/h4-6H,1-3H3,(H,12,13). The predicted molar refractivity (Wildman–Crippen MR) is 61.8 cm³/mol. The van der Waals surface area contributed by atoms with Crippen LogP contribution in [-0.2, 0) is 10.2 Å². The second-order valence-electron chi connectivity index (χ2n) is 3.89. The van der Waals surface area contributed by atoms with Gasteiger partial charge in [0.2, 0.25) is 0 Å². The van der Waals surface area contributed by atoms with Crippen LogP contribution < -0.4 is 0 Å². The van der Waals surface area contributed by atoms with Gasteiger partial charge in [0.1, 0.15) is 0 Å². The van der Waals surface area contributed by atoms with E-state index in [1.807, 2.05) is 26.0 Å². The molecule has 1 N–H and O–H groups in total. The lowest BCUT2D eigenvalue weighted by molar-refractivity contribution is -0.143. The molecule has 1 aromatic heterocycles. The maximum Gasteiger partial charge on any atom is 0.307 e. The largest absolute Gasteiger partial charge is 0.481 e. The molecule has 0 radical (unpaired) electrons. The van der Waals surface area contributed by atoms with Crippen LogP contribution >= 0.6 is 27.3 Å². The highest BCUT2D eigenvalue weighted by molar-refractivity contribution is 9.11. The summed E-state index contributed by atoms with van der Waals surface area (Å²) >= 11 is 4.98. The SMILES string of the molecule is CC(C(=O)O)C(C)(C)c1ccc(Br)s1. The van der Waals surface area contributed by atoms with Crippen LogP contribution in [0.3, 0.4) is 0 Å². The Balaban J connectivity index is 3.01. The van der Waals surface area contributed by atoms with Crippen LogP contribution in [0.2, 0.25) is 0 Å². The molecule has 78 valence electrons. The van der Waals surface area contributed by atoms with Gasteiger partial charge in [-0.05, 0) is 28.1 Å². The summed E-state index contributed by atoms with van der Waals surface area (Å²) in [6.07, 6.45) is 0. The maximum absolute atomic E-state index is 10.9. The van der Waals surface area contributed by atoms with Gasteiger partial charge < -0.3 is 5.11 Å². The average molecular weight is 277 g/mol. The van der Waals surface area contributed by atoms with Crippen molar-refractivity contribution in [1.82, 2.24) is 0 Å². The smallest absolute Gasteiger partial charge is 0.307 e. The van der Waals surface area contributed by atoms with Crippen LogP contribution in [0, 0.1) is 5.92 Å². The van der Waals surface area contributed by atoms with Gasteiger partial charge in [0.05, 0.1) is 9.70 Å². The molecule has 2 nitrogen and oxygen atoms in total. The highest BCUT2D eigenvalue weighted by atomic mass is 79.9. The molecule has 1 atom stereocenters. The molecule has 1 aromatic rings. The van der Waals surface area contributed by atoms with Crippen molar-refractivity contribution in [3.05, 3.63) is 20.8 Å². The highest BCUT2D eigenvalue weighted by Gasteiger charge is 2.34. The fraction of sp³-hybridized carbons (Fsp3) is 0.500. The van der Waals surface area contributed by atoms with E-state index >= 15 is 0 Å². The van der Waals surface area contributed by atoms with Gasteiger partial charge in [-0.2, -0.15) is 0 Å². The first kappa shape index (κ1) is 11.7. The van der Waals surface area contributed by atoms with Crippen LogP contribution in [0.25, 0.3) is 0 Å². The summed E-state index contributed by atoms with van der Waals surface area (Å²) in [4.78, 5) is 12.0. The molecular weight excluding hydrogens is 264 g/mol. The minimum absolute atomic E-state index is 0.317. The second-order valence-corrected chi connectivity index (χ2v) is 6.35. The van der Waals surface area contributed by atoms with Crippen molar-refractivity contribution in [1.29, 1.82) is 0 Å². The van der Waals surface area contributed by atoms with Crippen LogP contribution in [0.5, 0.6) is 0 Å². The van der Waals surface area contributed by atoms with E-state index in [0.29, 0.717) is 0 Å². The lowest BCUT2D eigenvalue weighted by Crippen LogP contribution is -2.31. The van der Waals surface area contributed by atoms with E-state index in [1.54, 1.807) is 18.3 Å². The number of hydrogen-bond acceptors (Lipinski definition) is 2. The first-order valence-corrected chi connectivity index (χ1v) is 5.95. The molecule has 0 aliphatic carbocycles. The fourth-order valence-corrected chi connectivity index (χ4v) is 2.76. The Labute approximate surface area is 96.1 Å². The van der Waals surface area contributed by atoms with Crippen LogP contribution in [0.15, 0.2) is 15.9 Å². The highest BCUT2D eigenvalue weighted by Crippen LogP contribution is 2.37. The van der Waals surface area contributed by atoms with Gasteiger partial charge in [-0.3, -0.25) is 4.79 Å². The van der Waals surface area contributed by atoms with E-state index in [9.17, 15) is 4.79 Å². The molecule has 1 heterocycles. The van der Waals surface area contributed by atoms with Crippen molar-refractivity contribution in [2.45, 2.75) is 26.2 Å². The van der Waals surface area contributed by atoms with Crippen molar-refractivity contribution < 1.29 is 9.90 Å². The van der Waals surface area contributed by atoms with Crippen molar-refractivity contribution in [2.24, 2.45) is 5.92 Å². The van der Waals surface area contributed by atoms with Crippen LogP contribution in [0.1, 0.15) is 25.6 Å². The quantitative estimate of drug-likeness (QED) is 0.918. The molecule has 4 heteroatoms. The maximum atomic E-state index is 10.9. The van der Waals surface area contributed by atoms with Gasteiger partial charge in [-0.25, -0.2) is 0 Å². The van der Waals surface area contributed by atoms with Crippen molar-refractivity contribution >= 4 is 33.2 Å². The lowest BCUT2D eigenvalue weighted by atomic mass is 9.79. The number of halogens is 1. The van der Waals surface area contributed by atoms with Crippen molar-refractivity contribution in [2.75, 3.05) is 0 Å². The Morgan fingerprint density at radius 1 is 1.57 bits per heavy atom. The zero-order chi connectivity index (χ0) is 10.9. The summed E-state index contributed by atoms with van der Waals surface area (Å²) in [6, 6.07) is 3.94. The average Bonchev–Trinajstić information content (AvgIpc) is 2.50. The molecule has 0 saturated heterocycles. The zero-order valence-electron chi connectivity index (χ0n) is 8.37. The predicted octanol–water partition coefficient (Wildman–Crippen LogP) is 3.51. The van der Waals surface area contributed by atoms with Gasteiger partial charge in [0.25, 0.3) is 0 Å². The van der Waals surface area contributed by atoms with Gasteiger partial charge in [0, 0.05) is 10.3 Å². The fourth-order valence-electron chi connectivity index (χ4n) is 1.18. The summed E-state index contributed by atoms with van der Waals surface area (Å²) in [5.74, 6) is -1.13. The summed E-state index contributed by atoms with van der Waals surface area (Å²) in [5, 5.41) is 8.98. The molecule has 0 aromatic carbocycles. The van der Waals surface area contributed by atoms with Gasteiger partial charge in [-0.15, -0.1) is 11.3 Å². The van der Waals surface area contributed by atoms with Crippen LogP contribution in [0.4, 0.5) is 0 Å².